The Labute approximate surface area is 622 Å². The number of carbonyl (C=O) groups excluding carboxylic acids is 12. The van der Waals surface area contributed by atoms with Crippen molar-refractivity contribution in [1.29, 1.82) is 0 Å². The Bertz CT molecular complexity index is 3150. The molecule has 12 atom stereocenters. The fourth-order valence-corrected chi connectivity index (χ4v) is 17.8. The van der Waals surface area contributed by atoms with Crippen LogP contribution in [0, 0.1) is 35.5 Å². The van der Waals surface area contributed by atoms with Crippen molar-refractivity contribution in [2.45, 2.75) is 273 Å². The summed E-state index contributed by atoms with van der Waals surface area (Å²) in [6, 6.07) is -10.5. The Kier molecular flexibility index (Phi) is 29.9. The van der Waals surface area contributed by atoms with Gasteiger partial charge in [-0.2, -0.15) is 13.2 Å². The largest absolute Gasteiger partial charge is 0.397 e. The summed E-state index contributed by atoms with van der Waals surface area (Å²) in [4.78, 5) is 193. The third kappa shape index (κ3) is 20.3. The lowest BCUT2D eigenvalue weighted by Gasteiger charge is -2.46. The van der Waals surface area contributed by atoms with Gasteiger partial charge in [0.1, 0.15) is 72.1 Å². The zero-order chi connectivity index (χ0) is 77.8. The van der Waals surface area contributed by atoms with E-state index >= 15 is 47.1 Å². The summed E-state index contributed by atoms with van der Waals surface area (Å²) in [7, 11) is 11.4. The number of likely N-dealkylation sites (N-methyl/N-ethyl adjacent to an activating group) is 7. The summed E-state index contributed by atoms with van der Waals surface area (Å²) in [5, 5.41) is 8.67. The molecule has 25 nitrogen and oxygen atoms in total. The number of carbonyl (C=O) groups is 12. The van der Waals surface area contributed by atoms with Crippen molar-refractivity contribution in [2.75, 3.05) is 89.2 Å². The van der Waals surface area contributed by atoms with E-state index in [0.29, 0.717) is 44.9 Å². The smallest absolute Gasteiger partial charge is 0.377 e. The Morgan fingerprint density at radius 1 is 0.623 bits per heavy atom. The second-order valence-electron chi connectivity index (χ2n) is 32.2. The van der Waals surface area contributed by atoms with Crippen LogP contribution in [0.2, 0.25) is 0 Å². The first-order valence-electron chi connectivity index (χ1n) is 39.0. The van der Waals surface area contributed by atoms with Crippen LogP contribution in [0.3, 0.4) is 0 Å². The topological polar surface area (TPSA) is 279 Å². The Morgan fingerprint density at radius 2 is 1.22 bits per heavy atom. The van der Waals surface area contributed by atoms with Gasteiger partial charge in [-0.1, -0.05) is 103 Å². The van der Waals surface area contributed by atoms with Crippen LogP contribution < -0.4 is 16.0 Å². The minimum Gasteiger partial charge on any atom is -0.377 e. The van der Waals surface area contributed by atoms with Gasteiger partial charge in [-0.15, -0.1) is 0 Å². The lowest BCUT2D eigenvalue weighted by atomic mass is 9.74. The highest BCUT2D eigenvalue weighted by atomic mass is 19.4. The lowest BCUT2D eigenvalue weighted by Crippen LogP contribution is -2.68. The molecule has 30 heteroatoms. The molecule has 0 aromatic carbocycles. The van der Waals surface area contributed by atoms with E-state index in [2.05, 4.69) is 16.0 Å². The van der Waals surface area contributed by atoms with Crippen LogP contribution in [-0.2, 0) is 62.3 Å². The Hall–Kier alpha value is -7.01. The summed E-state index contributed by atoms with van der Waals surface area (Å²) in [6.07, 6.45) is 1.42. The molecule has 5 aliphatic carbocycles. The van der Waals surface area contributed by atoms with Crippen LogP contribution >= 0.6 is 0 Å². The number of hydrogen-bond acceptors (Lipinski definition) is 13. The zero-order valence-corrected chi connectivity index (χ0v) is 64.3. The highest BCUT2D eigenvalue weighted by Gasteiger charge is 2.56. The predicted octanol–water partition coefficient (Wildman–Crippen LogP) is 6.10. The molecule has 7 fully saturated rings. The number of nitrogens with one attached hydrogen (secondary N) is 3. The van der Waals surface area contributed by atoms with Gasteiger partial charge in [0.15, 0.2) is 0 Å². The molecule has 2 saturated heterocycles. The molecule has 8 aliphatic rings. The van der Waals surface area contributed by atoms with Gasteiger partial charge in [0.25, 0.3) is 0 Å². The standard InChI is InChI=1S/C76H119F5N12O13/c1-12-46(3)64-72(103)87(7)45-62(96)88(8)55-31-18-15-23-36-92(71(55)102)59(40-48-25-16-14-17-26-48)70(101)86(6)44-60(94)82-54(33-32-49-37-52(77)63(53(78)38-49)76(79,80)81)68(99)93-43-51(106-13-2)41-57(93)67(98)84-75(34-24-35-75)74(105)91(11)65(50-29-21-22-30-50)73(104)90(10)58(69(100)85(4)5)42-61(95)89(9)56(66(97)83-64)39-47-27-19-20-28-47/h15,18,46-59,63-65H,12-14,16-17,19-45H2,1-11H3,(H,82,94)(H,83,97)(H,84,98)/b18-15-/t46-,49?,51+,52?,53?,54-,55-,56-,57-,58-,59-,63?,64-,65-/m0/s1. The fourth-order valence-electron chi connectivity index (χ4n) is 17.8. The van der Waals surface area contributed by atoms with E-state index in [-0.39, 0.29) is 82.9 Å². The molecule has 2 unspecified atom stereocenters. The number of alkyl halides is 5. The van der Waals surface area contributed by atoms with Crippen molar-refractivity contribution in [3.05, 3.63) is 12.2 Å². The van der Waals surface area contributed by atoms with Crippen LogP contribution in [0.1, 0.15) is 194 Å². The van der Waals surface area contributed by atoms with E-state index in [1.807, 2.05) is 13.0 Å². The van der Waals surface area contributed by atoms with E-state index in [4.69, 9.17) is 4.74 Å². The van der Waals surface area contributed by atoms with Gasteiger partial charge in [0.05, 0.1) is 25.6 Å². The van der Waals surface area contributed by atoms with Gasteiger partial charge < -0.3 is 64.8 Å². The van der Waals surface area contributed by atoms with E-state index in [0.717, 1.165) is 62.7 Å². The first-order chi connectivity index (χ1) is 50.1. The highest BCUT2D eigenvalue weighted by molar-refractivity contribution is 6.01. The second kappa shape index (κ2) is 37.4. The first-order valence-corrected chi connectivity index (χ1v) is 39.0. The maximum Gasteiger partial charge on any atom is 0.397 e. The number of hydrogen-bond donors (Lipinski definition) is 3. The average Bonchev–Trinajstić information content (AvgIpc) is 1.34. The maximum atomic E-state index is 15.6. The van der Waals surface area contributed by atoms with Crippen LogP contribution in [0.15, 0.2) is 12.2 Å². The van der Waals surface area contributed by atoms with E-state index in [9.17, 15) is 32.3 Å². The number of halogens is 5. The van der Waals surface area contributed by atoms with Gasteiger partial charge in [-0.3, -0.25) is 57.5 Å². The third-order valence-electron chi connectivity index (χ3n) is 24.7. The molecule has 596 valence electrons. The number of rotatable bonds is 13. The monoisotopic (exact) mass is 1500 g/mol. The molecular weight excluding hydrogens is 1380 g/mol. The summed E-state index contributed by atoms with van der Waals surface area (Å²) in [5.74, 6) is -13.2. The molecule has 2 bridgehead atoms. The summed E-state index contributed by atoms with van der Waals surface area (Å²) < 4.78 is 78.9. The number of amides is 12. The van der Waals surface area contributed by atoms with Crippen LogP contribution in [0.25, 0.3) is 0 Å². The predicted molar refractivity (Wildman–Crippen MR) is 383 cm³/mol. The minimum absolute atomic E-state index is 0.00990. The first kappa shape index (κ1) is 84.6. The van der Waals surface area contributed by atoms with E-state index in [1.54, 1.807) is 19.9 Å². The molecule has 5 saturated carbocycles. The Morgan fingerprint density at radius 3 is 1.79 bits per heavy atom. The summed E-state index contributed by atoms with van der Waals surface area (Å²) in [6.45, 7) is 3.99. The van der Waals surface area contributed by atoms with Crippen molar-refractivity contribution < 1.29 is 84.2 Å². The molecule has 1 spiro atoms. The molecule has 0 aromatic rings. The highest BCUT2D eigenvalue weighted by Crippen LogP contribution is 2.45. The number of nitrogens with zero attached hydrogens (tertiary/aromatic N) is 9. The van der Waals surface area contributed by atoms with Crippen molar-refractivity contribution in [2.24, 2.45) is 35.5 Å². The van der Waals surface area contributed by atoms with E-state index < -0.39 is 205 Å². The zero-order valence-electron chi connectivity index (χ0n) is 64.3. The van der Waals surface area contributed by atoms with Gasteiger partial charge in [-0.25, -0.2) is 8.78 Å². The second-order valence-corrected chi connectivity index (χ2v) is 32.2. The average molecular weight is 1500 g/mol. The van der Waals surface area contributed by atoms with Crippen LogP contribution in [0.4, 0.5) is 22.0 Å². The molecule has 0 aromatic heterocycles. The fraction of sp³-hybridized carbons (Fsp3) is 0.816. The molecule has 106 heavy (non-hydrogen) atoms. The molecule has 3 heterocycles. The molecule has 0 radical (unpaired) electrons. The van der Waals surface area contributed by atoms with Gasteiger partial charge in [0, 0.05) is 82.5 Å². The minimum atomic E-state index is -5.17. The van der Waals surface area contributed by atoms with E-state index in [1.165, 1.54) is 95.6 Å². The molecular formula is C76H119F5N12O13. The van der Waals surface area contributed by atoms with Crippen molar-refractivity contribution in [3.63, 3.8) is 0 Å². The van der Waals surface area contributed by atoms with Gasteiger partial charge in [-0.05, 0) is 120 Å². The number of fused-ring (bicyclic) bond motifs is 3. The quantitative estimate of drug-likeness (QED) is 0.139. The molecule has 3 aliphatic heterocycles. The summed E-state index contributed by atoms with van der Waals surface area (Å²) >= 11 is 0. The maximum absolute atomic E-state index is 15.6. The molecule has 12 amide bonds. The van der Waals surface area contributed by atoms with Gasteiger partial charge in [0.2, 0.25) is 70.9 Å². The normalized spacial score (nSPS) is 31.8. The molecule has 8 rings (SSSR count). The Balaban J connectivity index is 1.19. The van der Waals surface area contributed by atoms with Crippen molar-refractivity contribution in [3.8, 4) is 0 Å². The SMILES string of the molecule is CCO[C@@H]1C[C@H]2C(=O)NC3(CCC3)C(=O)N(C)[C@@H](C3CCCC3)C(=O)N(C)[C@H](C(=O)N(C)C)CC(=O)N(C)[C@@H](CC3CCCC3)C(=O)N[C@@H]([C@@H](C)CC)C(=O)N(C)CC(=O)N(C)[C@H]3C/C=C\CCN(C3=O)[C@@H](CC3CCCCC3)C(=O)N(C)CC(=O)N[C@@H](CCC3CC(F)C(C(F)(F)F)C(F)C3)C(=O)N2C1. The van der Waals surface area contributed by atoms with Crippen LogP contribution in [-0.4, -0.2) is 283 Å². The van der Waals surface area contributed by atoms with Crippen molar-refractivity contribution in [1.82, 2.24) is 60.0 Å². The van der Waals surface area contributed by atoms with Crippen molar-refractivity contribution >= 4 is 70.9 Å². The van der Waals surface area contributed by atoms with Gasteiger partial charge >= 0.3 is 6.18 Å². The summed E-state index contributed by atoms with van der Waals surface area (Å²) in [5.41, 5.74) is -1.64. The third-order valence-corrected chi connectivity index (χ3v) is 24.7. The lowest BCUT2D eigenvalue weighted by molar-refractivity contribution is -0.219. The number of ether oxygens (including phenoxy) is 1. The van der Waals surface area contributed by atoms with Crippen LogP contribution in [0.5, 0.6) is 0 Å². The molecule has 3 N–H and O–H groups in total.